The number of rotatable bonds is 6. The summed E-state index contributed by atoms with van der Waals surface area (Å²) >= 11 is 7.69. The zero-order valence-electron chi connectivity index (χ0n) is 12.6. The molecule has 2 aromatic rings. The molecule has 0 radical (unpaired) electrons. The molecule has 23 heavy (non-hydrogen) atoms. The Morgan fingerprint density at radius 3 is 2.57 bits per heavy atom. The van der Waals surface area contributed by atoms with Crippen LogP contribution in [0.1, 0.15) is 23.8 Å². The van der Waals surface area contributed by atoms with Gasteiger partial charge in [-0.1, -0.05) is 29.8 Å². The number of nitrogens with one attached hydrogen (secondary N) is 1. The van der Waals surface area contributed by atoms with Gasteiger partial charge in [0.25, 0.3) is 0 Å². The summed E-state index contributed by atoms with van der Waals surface area (Å²) in [5.41, 5.74) is 0. The van der Waals surface area contributed by atoms with E-state index >= 15 is 0 Å². The van der Waals surface area contributed by atoms with Crippen LogP contribution in [0.15, 0.2) is 46.7 Å². The van der Waals surface area contributed by atoms with Gasteiger partial charge in [0, 0.05) is 11.4 Å². The molecule has 0 amide bonds. The zero-order valence-corrected chi connectivity index (χ0v) is 15.0. The van der Waals surface area contributed by atoms with E-state index < -0.39 is 10.0 Å². The van der Waals surface area contributed by atoms with Crippen LogP contribution in [0.5, 0.6) is 0 Å². The Morgan fingerprint density at radius 1 is 1.17 bits per heavy atom. The Bertz CT molecular complexity index is 741. The van der Waals surface area contributed by atoms with Crippen molar-refractivity contribution in [2.24, 2.45) is 0 Å². The lowest BCUT2D eigenvalue weighted by molar-refractivity contribution is 0.250. The second kappa shape index (κ2) is 7.32. The number of hydrogen-bond donors (Lipinski definition) is 1. The predicted molar refractivity (Wildman–Crippen MR) is 94.5 cm³/mol. The van der Waals surface area contributed by atoms with Crippen molar-refractivity contribution in [3.05, 3.63) is 51.7 Å². The molecular formula is C16H19ClN2O2S2. The summed E-state index contributed by atoms with van der Waals surface area (Å²) in [7, 11) is -3.61. The van der Waals surface area contributed by atoms with Crippen LogP contribution in [-0.4, -0.2) is 33.0 Å². The minimum absolute atomic E-state index is 0.0785. The maximum atomic E-state index is 12.5. The van der Waals surface area contributed by atoms with Gasteiger partial charge in [-0.15, -0.1) is 11.3 Å². The monoisotopic (exact) mass is 370 g/mol. The number of halogens is 1. The normalized spacial score (nSPS) is 17.4. The van der Waals surface area contributed by atoms with E-state index in [1.165, 1.54) is 23.8 Å². The highest BCUT2D eigenvalue weighted by Crippen LogP contribution is 2.28. The van der Waals surface area contributed by atoms with Crippen molar-refractivity contribution in [2.45, 2.75) is 23.8 Å². The molecule has 0 bridgehead atoms. The van der Waals surface area contributed by atoms with Crippen LogP contribution in [0.3, 0.4) is 0 Å². The summed E-state index contributed by atoms with van der Waals surface area (Å²) < 4.78 is 27.8. The second-order valence-electron chi connectivity index (χ2n) is 5.56. The van der Waals surface area contributed by atoms with Crippen LogP contribution in [0.4, 0.5) is 0 Å². The molecule has 1 saturated heterocycles. The molecule has 1 atom stereocenters. The topological polar surface area (TPSA) is 49.4 Å². The molecule has 124 valence electrons. The molecule has 1 N–H and O–H groups in total. The smallest absolute Gasteiger partial charge is 0.242 e. The molecular weight excluding hydrogens is 352 g/mol. The Hall–Kier alpha value is -0.920. The highest BCUT2D eigenvalue weighted by atomic mass is 35.5. The number of nitrogens with zero attached hydrogens (tertiary/aromatic N) is 1. The van der Waals surface area contributed by atoms with Gasteiger partial charge in [-0.3, -0.25) is 4.90 Å². The van der Waals surface area contributed by atoms with Crippen LogP contribution in [0, 0.1) is 0 Å². The van der Waals surface area contributed by atoms with Gasteiger partial charge < -0.3 is 0 Å². The quantitative estimate of drug-likeness (QED) is 0.846. The summed E-state index contributed by atoms with van der Waals surface area (Å²) in [5.74, 6) is 0. The van der Waals surface area contributed by atoms with Gasteiger partial charge in [-0.25, -0.2) is 13.1 Å². The third-order valence-corrected chi connectivity index (χ3v) is 6.94. The van der Waals surface area contributed by atoms with E-state index in [1.807, 2.05) is 11.4 Å². The summed E-state index contributed by atoms with van der Waals surface area (Å²) in [6.45, 7) is 2.38. The van der Waals surface area contributed by atoms with Gasteiger partial charge >= 0.3 is 0 Å². The third kappa shape index (κ3) is 3.95. The minimum Gasteiger partial charge on any atom is -0.294 e. The molecule has 3 rings (SSSR count). The summed E-state index contributed by atoms with van der Waals surface area (Å²) in [6, 6.07) is 10.7. The molecule has 1 aromatic carbocycles. The van der Waals surface area contributed by atoms with Gasteiger partial charge in [0.15, 0.2) is 0 Å². The lowest BCUT2D eigenvalue weighted by Gasteiger charge is -2.26. The predicted octanol–water partition coefficient (Wildman–Crippen LogP) is 3.52. The molecule has 0 aliphatic carbocycles. The van der Waals surface area contributed by atoms with Gasteiger partial charge in [0.1, 0.15) is 4.90 Å². The average molecular weight is 371 g/mol. The van der Waals surface area contributed by atoms with Crippen LogP contribution in [-0.2, 0) is 10.0 Å². The number of likely N-dealkylation sites (tertiary alicyclic amines) is 1. The molecule has 1 fully saturated rings. The van der Waals surface area contributed by atoms with Crippen LogP contribution in [0.25, 0.3) is 0 Å². The number of thiophene rings is 1. The van der Waals surface area contributed by atoms with Gasteiger partial charge in [0.05, 0.1) is 11.1 Å². The summed E-state index contributed by atoms with van der Waals surface area (Å²) in [6.07, 6.45) is 2.33. The van der Waals surface area contributed by atoms with E-state index in [2.05, 4.69) is 15.7 Å². The summed E-state index contributed by atoms with van der Waals surface area (Å²) in [4.78, 5) is 3.67. The first-order chi connectivity index (χ1) is 11.1. The van der Waals surface area contributed by atoms with Crippen molar-refractivity contribution in [1.29, 1.82) is 0 Å². The lowest BCUT2D eigenvalue weighted by atomic mass is 10.2. The average Bonchev–Trinajstić information content (AvgIpc) is 3.21. The standard InChI is InChI=1S/C16H19ClN2O2S2/c17-13-6-1-2-8-16(13)23(20,21)18-12-14(15-7-5-11-22-15)19-9-3-4-10-19/h1-2,5-8,11,14,18H,3-4,9-10,12H2. The lowest BCUT2D eigenvalue weighted by Crippen LogP contribution is -2.36. The van der Waals surface area contributed by atoms with E-state index in [9.17, 15) is 8.42 Å². The Morgan fingerprint density at radius 2 is 1.91 bits per heavy atom. The molecule has 0 saturated carbocycles. The van der Waals surface area contributed by atoms with Crippen molar-refractivity contribution in [1.82, 2.24) is 9.62 Å². The van der Waals surface area contributed by atoms with Crippen molar-refractivity contribution in [3.63, 3.8) is 0 Å². The minimum atomic E-state index is -3.61. The van der Waals surface area contributed by atoms with Crippen molar-refractivity contribution < 1.29 is 8.42 Å². The number of benzene rings is 1. The van der Waals surface area contributed by atoms with E-state index in [-0.39, 0.29) is 16.0 Å². The molecule has 4 nitrogen and oxygen atoms in total. The van der Waals surface area contributed by atoms with Gasteiger partial charge in [0.2, 0.25) is 10.0 Å². The third-order valence-electron chi connectivity index (χ3n) is 4.05. The maximum absolute atomic E-state index is 12.5. The van der Waals surface area contributed by atoms with E-state index in [1.54, 1.807) is 29.5 Å². The Kier molecular flexibility index (Phi) is 5.38. The van der Waals surface area contributed by atoms with Crippen molar-refractivity contribution >= 4 is 33.0 Å². The molecule has 1 aromatic heterocycles. The van der Waals surface area contributed by atoms with E-state index in [0.29, 0.717) is 6.54 Å². The zero-order chi connectivity index (χ0) is 16.3. The molecule has 2 heterocycles. The number of sulfonamides is 1. The Balaban J connectivity index is 1.77. The van der Waals surface area contributed by atoms with Gasteiger partial charge in [-0.05, 0) is 49.5 Å². The maximum Gasteiger partial charge on any atom is 0.242 e. The van der Waals surface area contributed by atoms with Crippen LogP contribution in [0.2, 0.25) is 5.02 Å². The van der Waals surface area contributed by atoms with Crippen molar-refractivity contribution in [3.8, 4) is 0 Å². The van der Waals surface area contributed by atoms with Crippen LogP contribution >= 0.6 is 22.9 Å². The molecule has 1 aliphatic rings. The first-order valence-electron chi connectivity index (χ1n) is 7.59. The van der Waals surface area contributed by atoms with E-state index in [4.69, 9.17) is 11.6 Å². The Labute approximate surface area is 146 Å². The fraction of sp³-hybridized carbons (Fsp3) is 0.375. The second-order valence-corrected chi connectivity index (χ2v) is 8.68. The van der Waals surface area contributed by atoms with Gasteiger partial charge in [-0.2, -0.15) is 0 Å². The fourth-order valence-electron chi connectivity index (χ4n) is 2.87. The SMILES string of the molecule is O=S(=O)(NCC(c1cccs1)N1CCCC1)c1ccccc1Cl. The highest BCUT2D eigenvalue weighted by molar-refractivity contribution is 7.89. The molecule has 1 aliphatic heterocycles. The number of hydrogen-bond acceptors (Lipinski definition) is 4. The first-order valence-corrected chi connectivity index (χ1v) is 10.3. The highest BCUT2D eigenvalue weighted by Gasteiger charge is 2.26. The molecule has 7 heteroatoms. The molecule has 1 unspecified atom stereocenters. The fourth-order valence-corrected chi connectivity index (χ4v) is 5.29. The largest absolute Gasteiger partial charge is 0.294 e. The van der Waals surface area contributed by atoms with Crippen LogP contribution < -0.4 is 4.72 Å². The summed E-state index contributed by atoms with van der Waals surface area (Å²) in [5, 5.41) is 2.27. The molecule has 0 spiro atoms. The van der Waals surface area contributed by atoms with E-state index in [0.717, 1.165) is 13.1 Å². The van der Waals surface area contributed by atoms with Crippen molar-refractivity contribution in [2.75, 3.05) is 19.6 Å². The first kappa shape index (κ1) is 16.9.